The summed E-state index contributed by atoms with van der Waals surface area (Å²) in [4.78, 5) is 20.3. The number of amides is 1. The topological polar surface area (TPSA) is 48.6 Å². The predicted molar refractivity (Wildman–Crippen MR) is 94.0 cm³/mol. The van der Waals surface area contributed by atoms with E-state index in [2.05, 4.69) is 16.0 Å². The molecular weight excluding hydrogens is 302 g/mol. The maximum absolute atomic E-state index is 12.6. The Hall–Kier alpha value is -1.85. The standard InChI is InChI=1S/C19H25N3O2/c23-19(12-15-13-20-18-6-2-1-5-17(15)18)22-9-7-21(8-10-22)14-16-4-3-11-24-16/h1-2,5-6,13,16,20H,3-4,7-12,14H2. The van der Waals surface area contributed by atoms with Gasteiger partial charge in [-0.25, -0.2) is 0 Å². The third kappa shape index (κ3) is 3.32. The van der Waals surface area contributed by atoms with Crippen LogP contribution in [0.4, 0.5) is 0 Å². The first-order chi connectivity index (χ1) is 11.8. The second kappa shape index (κ2) is 6.95. The van der Waals surface area contributed by atoms with Crippen LogP contribution in [-0.4, -0.2) is 66.1 Å². The molecule has 2 fully saturated rings. The van der Waals surface area contributed by atoms with E-state index < -0.39 is 0 Å². The van der Waals surface area contributed by atoms with Gasteiger partial charge in [0, 0.05) is 56.4 Å². The zero-order valence-corrected chi connectivity index (χ0v) is 14.0. The Kier molecular flexibility index (Phi) is 4.54. The van der Waals surface area contributed by atoms with Crippen molar-refractivity contribution in [2.75, 3.05) is 39.3 Å². The zero-order valence-electron chi connectivity index (χ0n) is 14.0. The number of nitrogens with zero attached hydrogens (tertiary/aromatic N) is 2. The zero-order chi connectivity index (χ0) is 16.4. The lowest BCUT2D eigenvalue weighted by atomic mass is 10.1. The highest BCUT2D eigenvalue weighted by Crippen LogP contribution is 2.19. The minimum Gasteiger partial charge on any atom is -0.377 e. The van der Waals surface area contributed by atoms with Crippen molar-refractivity contribution < 1.29 is 9.53 Å². The number of para-hydroxylation sites is 1. The number of carbonyl (C=O) groups excluding carboxylic acids is 1. The summed E-state index contributed by atoms with van der Waals surface area (Å²) in [5.74, 6) is 0.233. The van der Waals surface area contributed by atoms with E-state index in [1.54, 1.807) is 0 Å². The molecule has 0 aliphatic carbocycles. The molecule has 1 N–H and O–H groups in total. The van der Waals surface area contributed by atoms with Crippen LogP contribution in [0.1, 0.15) is 18.4 Å². The lowest BCUT2D eigenvalue weighted by Crippen LogP contribution is -2.50. The molecule has 5 heteroatoms. The number of hydrogen-bond donors (Lipinski definition) is 1. The van der Waals surface area contributed by atoms with E-state index in [1.807, 2.05) is 29.3 Å². The summed E-state index contributed by atoms with van der Waals surface area (Å²) in [6, 6.07) is 8.16. The highest BCUT2D eigenvalue weighted by atomic mass is 16.5. The van der Waals surface area contributed by atoms with Crippen molar-refractivity contribution in [3.63, 3.8) is 0 Å². The summed E-state index contributed by atoms with van der Waals surface area (Å²) in [5.41, 5.74) is 2.19. The maximum Gasteiger partial charge on any atom is 0.227 e. The number of hydrogen-bond acceptors (Lipinski definition) is 3. The number of aromatic amines is 1. The SMILES string of the molecule is O=C(Cc1c[nH]c2ccccc12)N1CCN(CC2CCCO2)CC1. The van der Waals surface area contributed by atoms with Crippen molar-refractivity contribution in [3.8, 4) is 0 Å². The van der Waals surface area contributed by atoms with Gasteiger partial charge < -0.3 is 14.6 Å². The maximum atomic E-state index is 12.6. The summed E-state index contributed by atoms with van der Waals surface area (Å²) in [6.07, 6.45) is 5.22. The van der Waals surface area contributed by atoms with Crippen LogP contribution < -0.4 is 0 Å². The Morgan fingerprint density at radius 3 is 2.83 bits per heavy atom. The molecule has 128 valence electrons. The van der Waals surface area contributed by atoms with Gasteiger partial charge in [-0.15, -0.1) is 0 Å². The highest BCUT2D eigenvalue weighted by Gasteiger charge is 2.25. The number of piperazine rings is 1. The van der Waals surface area contributed by atoms with Crippen LogP contribution in [0.3, 0.4) is 0 Å². The number of H-pyrrole nitrogens is 1. The normalized spacial score (nSPS) is 22.3. The lowest BCUT2D eigenvalue weighted by Gasteiger charge is -2.35. The predicted octanol–water partition coefficient (Wildman–Crippen LogP) is 2.03. The molecule has 24 heavy (non-hydrogen) atoms. The second-order valence-corrected chi connectivity index (χ2v) is 6.85. The fraction of sp³-hybridized carbons (Fsp3) is 0.526. The van der Waals surface area contributed by atoms with Crippen LogP contribution in [0.15, 0.2) is 30.5 Å². The Morgan fingerprint density at radius 1 is 1.21 bits per heavy atom. The number of ether oxygens (including phenoxy) is 1. The molecule has 1 unspecified atom stereocenters. The van der Waals surface area contributed by atoms with Crippen molar-refractivity contribution in [2.24, 2.45) is 0 Å². The van der Waals surface area contributed by atoms with Crippen LogP contribution in [0.25, 0.3) is 10.9 Å². The van der Waals surface area contributed by atoms with Gasteiger partial charge in [0.1, 0.15) is 0 Å². The molecule has 0 radical (unpaired) electrons. The van der Waals surface area contributed by atoms with E-state index in [9.17, 15) is 4.79 Å². The third-order valence-corrected chi connectivity index (χ3v) is 5.23. The average molecular weight is 327 g/mol. The summed E-state index contributed by atoms with van der Waals surface area (Å²) in [5, 5.41) is 1.16. The van der Waals surface area contributed by atoms with Gasteiger partial charge >= 0.3 is 0 Å². The van der Waals surface area contributed by atoms with E-state index >= 15 is 0 Å². The quantitative estimate of drug-likeness (QED) is 0.935. The van der Waals surface area contributed by atoms with E-state index in [-0.39, 0.29) is 5.91 Å². The summed E-state index contributed by atoms with van der Waals surface area (Å²) in [7, 11) is 0. The molecule has 2 saturated heterocycles. The van der Waals surface area contributed by atoms with E-state index in [0.717, 1.165) is 55.8 Å². The molecule has 5 nitrogen and oxygen atoms in total. The summed E-state index contributed by atoms with van der Waals surface area (Å²) in [6.45, 7) is 5.50. The van der Waals surface area contributed by atoms with Crippen molar-refractivity contribution in [2.45, 2.75) is 25.4 Å². The monoisotopic (exact) mass is 327 g/mol. The van der Waals surface area contributed by atoms with Crippen LogP contribution in [0.5, 0.6) is 0 Å². The number of benzene rings is 1. The molecule has 2 aliphatic heterocycles. The first-order valence-corrected chi connectivity index (χ1v) is 8.96. The van der Waals surface area contributed by atoms with Crippen molar-refractivity contribution in [1.29, 1.82) is 0 Å². The Bertz CT molecular complexity index is 697. The van der Waals surface area contributed by atoms with Crippen molar-refractivity contribution in [3.05, 3.63) is 36.0 Å². The van der Waals surface area contributed by atoms with Gasteiger partial charge in [0.15, 0.2) is 0 Å². The molecule has 1 atom stereocenters. The molecule has 3 heterocycles. The van der Waals surface area contributed by atoms with Crippen LogP contribution in [0, 0.1) is 0 Å². The molecule has 0 saturated carbocycles. The van der Waals surface area contributed by atoms with Gasteiger partial charge in [-0.05, 0) is 24.5 Å². The number of carbonyl (C=O) groups is 1. The molecular formula is C19H25N3O2. The van der Waals surface area contributed by atoms with Crippen molar-refractivity contribution in [1.82, 2.24) is 14.8 Å². The second-order valence-electron chi connectivity index (χ2n) is 6.85. The molecule has 1 aromatic heterocycles. The van der Waals surface area contributed by atoms with Gasteiger partial charge in [-0.1, -0.05) is 18.2 Å². The molecule has 0 bridgehead atoms. The fourth-order valence-corrected chi connectivity index (χ4v) is 3.81. The molecule has 2 aliphatic rings. The number of aromatic nitrogens is 1. The molecule has 1 aromatic carbocycles. The van der Waals surface area contributed by atoms with Crippen LogP contribution in [-0.2, 0) is 16.0 Å². The average Bonchev–Trinajstić information content (AvgIpc) is 3.26. The van der Waals surface area contributed by atoms with Crippen LogP contribution in [0.2, 0.25) is 0 Å². The Morgan fingerprint density at radius 2 is 2.04 bits per heavy atom. The highest BCUT2D eigenvalue weighted by molar-refractivity contribution is 5.88. The molecule has 0 spiro atoms. The minimum atomic E-state index is 0.233. The minimum absolute atomic E-state index is 0.233. The van der Waals surface area contributed by atoms with Gasteiger partial charge in [0.05, 0.1) is 12.5 Å². The number of rotatable bonds is 4. The van der Waals surface area contributed by atoms with Gasteiger partial charge in [0.25, 0.3) is 0 Å². The number of fused-ring (bicyclic) bond motifs is 1. The largest absolute Gasteiger partial charge is 0.377 e. The molecule has 2 aromatic rings. The Labute approximate surface area is 142 Å². The molecule has 1 amide bonds. The van der Waals surface area contributed by atoms with E-state index in [0.29, 0.717) is 12.5 Å². The van der Waals surface area contributed by atoms with Crippen molar-refractivity contribution >= 4 is 16.8 Å². The smallest absolute Gasteiger partial charge is 0.227 e. The first-order valence-electron chi connectivity index (χ1n) is 8.96. The summed E-state index contributed by atoms with van der Waals surface area (Å²) >= 11 is 0. The van der Waals surface area contributed by atoms with E-state index in [1.165, 1.54) is 12.8 Å². The first kappa shape index (κ1) is 15.7. The Balaban J connectivity index is 1.31. The van der Waals surface area contributed by atoms with Gasteiger partial charge in [0.2, 0.25) is 5.91 Å². The van der Waals surface area contributed by atoms with Crippen LogP contribution >= 0.6 is 0 Å². The lowest BCUT2D eigenvalue weighted by molar-refractivity contribution is -0.132. The number of nitrogens with one attached hydrogen (secondary N) is 1. The third-order valence-electron chi connectivity index (χ3n) is 5.23. The fourth-order valence-electron chi connectivity index (χ4n) is 3.81. The summed E-state index contributed by atoms with van der Waals surface area (Å²) < 4.78 is 5.72. The van der Waals surface area contributed by atoms with E-state index in [4.69, 9.17) is 4.74 Å². The van der Waals surface area contributed by atoms with Gasteiger partial charge in [-0.2, -0.15) is 0 Å². The molecule has 4 rings (SSSR count). The van der Waals surface area contributed by atoms with Gasteiger partial charge in [-0.3, -0.25) is 9.69 Å².